The van der Waals surface area contributed by atoms with Gasteiger partial charge in [0.2, 0.25) is 5.89 Å². The molecular weight excluding hydrogens is 316 g/mol. The number of carboxylic acids is 1. The van der Waals surface area contributed by atoms with Crippen LogP contribution in [0.4, 0.5) is 0 Å². The summed E-state index contributed by atoms with van der Waals surface area (Å²) in [6.07, 6.45) is 0.643. The van der Waals surface area contributed by atoms with Crippen molar-refractivity contribution in [3.63, 3.8) is 0 Å². The van der Waals surface area contributed by atoms with E-state index in [1.54, 1.807) is 12.1 Å². The number of hydrogen-bond acceptors (Lipinski definition) is 5. The first-order chi connectivity index (χ1) is 9.10. The number of halogens is 1. The number of benzene rings is 1. The molecule has 6 nitrogen and oxygen atoms in total. The Bertz CT molecular complexity index is 597. The first-order valence-corrected chi connectivity index (χ1v) is 6.36. The fourth-order valence-electron chi connectivity index (χ4n) is 1.42. The molecule has 19 heavy (non-hydrogen) atoms. The lowest BCUT2D eigenvalue weighted by atomic mass is 10.2. The lowest BCUT2D eigenvalue weighted by molar-refractivity contribution is 0.0691. The van der Waals surface area contributed by atoms with Gasteiger partial charge in [-0.2, -0.15) is 0 Å². The lowest BCUT2D eigenvalue weighted by Crippen LogP contribution is -2.03. The van der Waals surface area contributed by atoms with Crippen LogP contribution in [0.15, 0.2) is 27.1 Å². The molecule has 1 aromatic carbocycles. The van der Waals surface area contributed by atoms with Gasteiger partial charge in [-0.05, 0) is 18.2 Å². The van der Waals surface area contributed by atoms with Crippen molar-refractivity contribution in [2.75, 3.05) is 0 Å². The number of hydrogen-bond donors (Lipinski definition) is 1. The van der Waals surface area contributed by atoms with Gasteiger partial charge in [0.05, 0.1) is 0 Å². The van der Waals surface area contributed by atoms with E-state index in [1.807, 2.05) is 6.92 Å². The number of aryl methyl sites for hydroxylation is 1. The summed E-state index contributed by atoms with van der Waals surface area (Å²) in [7, 11) is 0. The predicted octanol–water partition coefficient (Wildman–Crippen LogP) is 2.67. The van der Waals surface area contributed by atoms with E-state index in [2.05, 4.69) is 26.1 Å². The number of nitrogens with zero attached hydrogens (tertiary/aromatic N) is 2. The second-order valence-corrected chi connectivity index (χ2v) is 4.59. The molecule has 0 aliphatic carbocycles. The third kappa shape index (κ3) is 3.31. The van der Waals surface area contributed by atoms with Crippen LogP contribution >= 0.6 is 15.9 Å². The highest BCUT2D eigenvalue weighted by atomic mass is 79.9. The zero-order valence-corrected chi connectivity index (χ0v) is 11.7. The normalized spacial score (nSPS) is 10.4. The average Bonchev–Trinajstić information content (AvgIpc) is 2.84. The standard InChI is InChI=1S/C12H11BrN2O4/c1-2-10-14-15-11(19-10)6-18-9-5-7(13)3-4-8(9)12(16)17/h3-5H,2,6H2,1H3,(H,16,17). The van der Waals surface area contributed by atoms with Crippen molar-refractivity contribution in [2.45, 2.75) is 20.0 Å². The van der Waals surface area contributed by atoms with E-state index in [9.17, 15) is 4.79 Å². The van der Waals surface area contributed by atoms with Gasteiger partial charge in [-0.3, -0.25) is 0 Å². The Morgan fingerprint density at radius 3 is 2.79 bits per heavy atom. The Morgan fingerprint density at radius 2 is 2.16 bits per heavy atom. The van der Waals surface area contributed by atoms with Gasteiger partial charge in [-0.15, -0.1) is 10.2 Å². The van der Waals surface area contributed by atoms with Gasteiger partial charge in [-0.1, -0.05) is 22.9 Å². The Balaban J connectivity index is 2.14. The second-order valence-electron chi connectivity index (χ2n) is 3.68. The maximum absolute atomic E-state index is 11.0. The van der Waals surface area contributed by atoms with Crippen LogP contribution in [-0.4, -0.2) is 21.3 Å². The van der Waals surface area contributed by atoms with Crippen molar-refractivity contribution in [1.82, 2.24) is 10.2 Å². The quantitative estimate of drug-likeness (QED) is 0.909. The van der Waals surface area contributed by atoms with Crippen LogP contribution in [0.5, 0.6) is 5.75 Å². The minimum absolute atomic E-state index is 0.0315. The lowest BCUT2D eigenvalue weighted by Gasteiger charge is -2.07. The van der Waals surface area contributed by atoms with Crippen molar-refractivity contribution in [2.24, 2.45) is 0 Å². The summed E-state index contributed by atoms with van der Waals surface area (Å²) in [4.78, 5) is 11.0. The van der Waals surface area contributed by atoms with Gasteiger partial charge in [0.25, 0.3) is 5.89 Å². The van der Waals surface area contributed by atoms with Crippen LogP contribution in [0.1, 0.15) is 29.1 Å². The fraction of sp³-hybridized carbons (Fsp3) is 0.250. The molecule has 0 bridgehead atoms. The van der Waals surface area contributed by atoms with Crippen LogP contribution in [0.25, 0.3) is 0 Å². The van der Waals surface area contributed by atoms with Crippen molar-refractivity contribution >= 4 is 21.9 Å². The number of ether oxygens (including phenoxy) is 1. The summed E-state index contributed by atoms with van der Waals surface area (Å²) in [5.41, 5.74) is 0.0819. The highest BCUT2D eigenvalue weighted by Crippen LogP contribution is 2.24. The molecule has 0 radical (unpaired) electrons. The number of aromatic nitrogens is 2. The molecule has 0 spiro atoms. The number of aromatic carboxylic acids is 1. The fourth-order valence-corrected chi connectivity index (χ4v) is 1.76. The SMILES string of the molecule is CCc1nnc(COc2cc(Br)ccc2C(=O)O)o1. The zero-order valence-electron chi connectivity index (χ0n) is 10.1. The van der Waals surface area contributed by atoms with Crippen molar-refractivity contribution < 1.29 is 19.1 Å². The molecule has 2 aromatic rings. The smallest absolute Gasteiger partial charge is 0.339 e. The van der Waals surface area contributed by atoms with Gasteiger partial charge in [0.1, 0.15) is 11.3 Å². The van der Waals surface area contributed by atoms with Crippen LogP contribution in [0.3, 0.4) is 0 Å². The molecule has 0 aliphatic rings. The predicted molar refractivity (Wildman–Crippen MR) is 69.1 cm³/mol. The minimum Gasteiger partial charge on any atom is -0.483 e. The van der Waals surface area contributed by atoms with Crippen LogP contribution in [-0.2, 0) is 13.0 Å². The van der Waals surface area contributed by atoms with E-state index in [4.69, 9.17) is 14.3 Å². The van der Waals surface area contributed by atoms with E-state index >= 15 is 0 Å². The van der Waals surface area contributed by atoms with Crippen molar-refractivity contribution in [1.29, 1.82) is 0 Å². The van der Waals surface area contributed by atoms with Gasteiger partial charge >= 0.3 is 5.97 Å². The molecule has 0 unspecified atom stereocenters. The molecule has 0 amide bonds. The van der Waals surface area contributed by atoms with Crippen LogP contribution in [0, 0.1) is 0 Å². The molecule has 2 rings (SSSR count). The molecular formula is C12H11BrN2O4. The molecule has 1 N–H and O–H groups in total. The van der Waals surface area contributed by atoms with E-state index < -0.39 is 5.97 Å². The molecule has 7 heteroatoms. The van der Waals surface area contributed by atoms with Crippen molar-refractivity contribution in [3.8, 4) is 5.75 Å². The van der Waals surface area contributed by atoms with E-state index in [1.165, 1.54) is 6.07 Å². The number of carboxylic acid groups (broad SMARTS) is 1. The Morgan fingerprint density at radius 1 is 1.42 bits per heavy atom. The van der Waals surface area contributed by atoms with E-state index in [0.717, 1.165) is 4.47 Å². The van der Waals surface area contributed by atoms with Gasteiger partial charge in [0.15, 0.2) is 6.61 Å². The summed E-state index contributed by atoms with van der Waals surface area (Å²) in [5, 5.41) is 16.6. The monoisotopic (exact) mass is 326 g/mol. The molecule has 0 saturated carbocycles. The maximum Gasteiger partial charge on any atom is 0.339 e. The van der Waals surface area contributed by atoms with Gasteiger partial charge in [0, 0.05) is 10.9 Å². The molecule has 0 aliphatic heterocycles. The summed E-state index contributed by atoms with van der Waals surface area (Å²) < 4.78 is 11.4. The van der Waals surface area contributed by atoms with Crippen LogP contribution < -0.4 is 4.74 Å². The molecule has 0 saturated heterocycles. The average molecular weight is 327 g/mol. The Hall–Kier alpha value is -1.89. The van der Waals surface area contributed by atoms with E-state index in [-0.39, 0.29) is 17.9 Å². The Labute approximate surface area is 117 Å². The second kappa shape index (κ2) is 5.83. The molecule has 0 fully saturated rings. The first kappa shape index (κ1) is 13.5. The highest BCUT2D eigenvalue weighted by Gasteiger charge is 2.13. The first-order valence-electron chi connectivity index (χ1n) is 5.57. The summed E-state index contributed by atoms with van der Waals surface area (Å²) >= 11 is 3.26. The van der Waals surface area contributed by atoms with Gasteiger partial charge in [-0.25, -0.2) is 4.79 Å². The third-order valence-corrected chi connectivity index (χ3v) is 2.83. The largest absolute Gasteiger partial charge is 0.483 e. The molecule has 0 atom stereocenters. The molecule has 1 aromatic heterocycles. The van der Waals surface area contributed by atoms with Crippen LogP contribution in [0.2, 0.25) is 0 Å². The highest BCUT2D eigenvalue weighted by molar-refractivity contribution is 9.10. The number of carbonyl (C=O) groups is 1. The topological polar surface area (TPSA) is 85.5 Å². The third-order valence-electron chi connectivity index (χ3n) is 2.34. The summed E-state index contributed by atoms with van der Waals surface area (Å²) in [6.45, 7) is 1.93. The zero-order chi connectivity index (χ0) is 13.8. The van der Waals surface area contributed by atoms with E-state index in [0.29, 0.717) is 18.2 Å². The molecule has 100 valence electrons. The van der Waals surface area contributed by atoms with Gasteiger partial charge < -0.3 is 14.3 Å². The maximum atomic E-state index is 11.0. The number of rotatable bonds is 5. The summed E-state index contributed by atoms with van der Waals surface area (Å²) in [6, 6.07) is 4.69. The van der Waals surface area contributed by atoms with Crippen molar-refractivity contribution in [3.05, 3.63) is 40.0 Å². The minimum atomic E-state index is -1.05. The Kier molecular flexibility index (Phi) is 4.16. The summed E-state index contributed by atoms with van der Waals surface area (Å²) in [5.74, 6) is 0.0277. The molecule has 1 heterocycles.